The van der Waals surface area contributed by atoms with Crippen LogP contribution in [0.1, 0.15) is 24.5 Å². The highest BCUT2D eigenvalue weighted by molar-refractivity contribution is 6.24. The van der Waals surface area contributed by atoms with E-state index in [-0.39, 0.29) is 17.5 Å². The first kappa shape index (κ1) is 11.7. The van der Waals surface area contributed by atoms with E-state index >= 15 is 0 Å². The van der Waals surface area contributed by atoms with Crippen molar-refractivity contribution in [2.45, 2.75) is 20.3 Å². The third-order valence-electron chi connectivity index (χ3n) is 3.20. The first-order valence-corrected chi connectivity index (χ1v) is 5.66. The second-order valence-corrected chi connectivity index (χ2v) is 4.47. The number of methoxy groups -OCH3 is 1. The van der Waals surface area contributed by atoms with Crippen LogP contribution >= 0.6 is 0 Å². The average Bonchev–Trinajstić information content (AvgIpc) is 2.55. The second kappa shape index (κ2) is 4.24. The molecule has 1 atom stereocenters. The molecule has 0 saturated carbocycles. The molecule has 1 N–H and O–H groups in total. The summed E-state index contributed by atoms with van der Waals surface area (Å²) in [5.74, 6) is 0.770. The van der Waals surface area contributed by atoms with Gasteiger partial charge in [-0.05, 0) is 30.2 Å². The number of aliphatic hydroxyl groups is 1. The zero-order chi connectivity index (χ0) is 12.6. The Labute approximate surface area is 101 Å². The van der Waals surface area contributed by atoms with E-state index in [0.29, 0.717) is 17.7 Å². The molecule has 1 unspecified atom stereocenters. The van der Waals surface area contributed by atoms with E-state index in [1.807, 2.05) is 26.0 Å². The molecular formula is C14H16O3. The molecule has 0 amide bonds. The van der Waals surface area contributed by atoms with Crippen LogP contribution in [-0.2, 0) is 4.79 Å². The summed E-state index contributed by atoms with van der Waals surface area (Å²) in [6.45, 7) is 3.76. The van der Waals surface area contributed by atoms with Gasteiger partial charge in [0.1, 0.15) is 11.5 Å². The van der Waals surface area contributed by atoms with E-state index in [4.69, 9.17) is 4.74 Å². The Hall–Kier alpha value is -1.77. The van der Waals surface area contributed by atoms with Gasteiger partial charge in [-0.15, -0.1) is 0 Å². The van der Waals surface area contributed by atoms with Crippen molar-refractivity contribution in [2.24, 2.45) is 5.92 Å². The lowest BCUT2D eigenvalue weighted by Gasteiger charge is -2.09. The van der Waals surface area contributed by atoms with Gasteiger partial charge in [-0.3, -0.25) is 4.79 Å². The smallest absolute Gasteiger partial charge is 0.170 e. The molecule has 2 rings (SSSR count). The Bertz CT molecular complexity index is 500. The maximum Gasteiger partial charge on any atom is 0.170 e. The van der Waals surface area contributed by atoms with Gasteiger partial charge in [-0.1, -0.05) is 13.0 Å². The molecule has 0 aromatic heterocycles. The van der Waals surface area contributed by atoms with Crippen molar-refractivity contribution in [3.8, 4) is 5.75 Å². The zero-order valence-corrected chi connectivity index (χ0v) is 10.3. The van der Waals surface area contributed by atoms with Crippen molar-refractivity contribution >= 4 is 11.4 Å². The van der Waals surface area contributed by atoms with Crippen LogP contribution < -0.4 is 4.74 Å². The number of carbonyl (C=O) groups excluding carboxylic acids is 1. The molecule has 0 radical (unpaired) electrons. The number of hydrogen-bond acceptors (Lipinski definition) is 3. The summed E-state index contributed by atoms with van der Waals surface area (Å²) >= 11 is 0. The fourth-order valence-electron chi connectivity index (χ4n) is 2.16. The van der Waals surface area contributed by atoms with Gasteiger partial charge in [-0.25, -0.2) is 0 Å². The third kappa shape index (κ3) is 1.93. The molecular weight excluding hydrogens is 216 g/mol. The van der Waals surface area contributed by atoms with Crippen molar-refractivity contribution in [2.75, 3.05) is 7.11 Å². The molecule has 0 spiro atoms. The van der Waals surface area contributed by atoms with Gasteiger partial charge >= 0.3 is 0 Å². The Morgan fingerprint density at radius 3 is 2.65 bits per heavy atom. The molecule has 0 bridgehead atoms. The van der Waals surface area contributed by atoms with E-state index < -0.39 is 0 Å². The molecule has 0 fully saturated rings. The minimum atomic E-state index is -0.129. The molecule has 1 aromatic carbocycles. The highest BCUT2D eigenvalue weighted by Crippen LogP contribution is 2.35. The summed E-state index contributed by atoms with van der Waals surface area (Å²) in [4.78, 5) is 12.0. The molecule has 90 valence electrons. The van der Waals surface area contributed by atoms with Gasteiger partial charge in [0.2, 0.25) is 0 Å². The summed E-state index contributed by atoms with van der Waals surface area (Å²) in [6, 6.07) is 5.54. The van der Waals surface area contributed by atoms with Crippen molar-refractivity contribution in [1.29, 1.82) is 0 Å². The van der Waals surface area contributed by atoms with Crippen LogP contribution in [0.4, 0.5) is 0 Å². The largest absolute Gasteiger partial charge is 0.512 e. The summed E-state index contributed by atoms with van der Waals surface area (Å²) in [5, 5.41) is 9.89. The normalized spacial score (nSPS) is 19.9. The topological polar surface area (TPSA) is 46.5 Å². The summed E-state index contributed by atoms with van der Waals surface area (Å²) < 4.78 is 5.15. The van der Waals surface area contributed by atoms with Crippen molar-refractivity contribution in [3.05, 3.63) is 35.1 Å². The summed E-state index contributed by atoms with van der Waals surface area (Å²) in [6.07, 6.45) is 0.435. The lowest BCUT2D eigenvalue weighted by molar-refractivity contribution is -0.116. The number of allylic oxidation sites excluding steroid dienone is 2. The van der Waals surface area contributed by atoms with Crippen molar-refractivity contribution in [3.63, 3.8) is 0 Å². The van der Waals surface area contributed by atoms with E-state index in [2.05, 4.69) is 0 Å². The van der Waals surface area contributed by atoms with Gasteiger partial charge < -0.3 is 9.84 Å². The zero-order valence-electron chi connectivity index (χ0n) is 10.3. The van der Waals surface area contributed by atoms with E-state index in [1.165, 1.54) is 0 Å². The van der Waals surface area contributed by atoms with Crippen molar-refractivity contribution < 1.29 is 14.6 Å². The maximum atomic E-state index is 12.0. The molecule has 0 heterocycles. The first-order chi connectivity index (χ1) is 8.04. The minimum absolute atomic E-state index is 0.0128. The molecule has 1 aromatic rings. The number of carbonyl (C=O) groups is 1. The van der Waals surface area contributed by atoms with Gasteiger partial charge in [0.15, 0.2) is 5.78 Å². The van der Waals surface area contributed by atoms with Gasteiger partial charge in [0, 0.05) is 12.3 Å². The van der Waals surface area contributed by atoms with Crippen LogP contribution in [0, 0.1) is 12.8 Å². The lowest BCUT2D eigenvalue weighted by Crippen LogP contribution is -2.06. The maximum absolute atomic E-state index is 12.0. The van der Waals surface area contributed by atoms with Crippen LogP contribution in [0.25, 0.3) is 5.57 Å². The number of aryl methyl sites for hydroxylation is 1. The lowest BCUT2D eigenvalue weighted by atomic mass is 9.96. The number of Topliss-reactive ketones (excluding diaryl/α,β-unsaturated/α-hetero) is 1. The third-order valence-corrected chi connectivity index (χ3v) is 3.20. The molecule has 17 heavy (non-hydrogen) atoms. The Balaban J connectivity index is 2.54. The van der Waals surface area contributed by atoms with Crippen LogP contribution in [0.15, 0.2) is 24.0 Å². The van der Waals surface area contributed by atoms with Crippen LogP contribution in [0.3, 0.4) is 0 Å². The van der Waals surface area contributed by atoms with Crippen LogP contribution in [0.2, 0.25) is 0 Å². The SMILES string of the molecule is COc1ccc(C)c(C2=C(O)CC(C)C2=O)c1. The molecule has 1 aliphatic rings. The summed E-state index contributed by atoms with van der Waals surface area (Å²) in [5.41, 5.74) is 2.19. The average molecular weight is 232 g/mol. The van der Waals surface area contributed by atoms with Crippen molar-refractivity contribution in [1.82, 2.24) is 0 Å². The van der Waals surface area contributed by atoms with Crippen LogP contribution in [-0.4, -0.2) is 18.0 Å². The second-order valence-electron chi connectivity index (χ2n) is 4.47. The minimum Gasteiger partial charge on any atom is -0.512 e. The standard InChI is InChI=1S/C14H16O3/c1-8-4-5-10(17-3)7-11(8)13-12(15)6-9(2)14(13)16/h4-5,7,9,15H,6H2,1-3H3. The Morgan fingerprint density at radius 2 is 2.12 bits per heavy atom. The highest BCUT2D eigenvalue weighted by atomic mass is 16.5. The van der Waals surface area contributed by atoms with Gasteiger partial charge in [0.05, 0.1) is 12.7 Å². The first-order valence-electron chi connectivity index (χ1n) is 5.66. The predicted molar refractivity (Wildman–Crippen MR) is 66.1 cm³/mol. The predicted octanol–water partition coefficient (Wildman–Crippen LogP) is 2.88. The molecule has 3 heteroatoms. The number of hydrogen-bond donors (Lipinski definition) is 1. The fourth-order valence-corrected chi connectivity index (χ4v) is 2.16. The quantitative estimate of drug-likeness (QED) is 0.852. The fraction of sp³-hybridized carbons (Fsp3) is 0.357. The number of ketones is 1. The number of ether oxygens (including phenoxy) is 1. The number of benzene rings is 1. The molecule has 0 saturated heterocycles. The molecule has 3 nitrogen and oxygen atoms in total. The Morgan fingerprint density at radius 1 is 1.41 bits per heavy atom. The molecule has 1 aliphatic carbocycles. The van der Waals surface area contributed by atoms with E-state index in [0.717, 1.165) is 11.1 Å². The van der Waals surface area contributed by atoms with E-state index in [9.17, 15) is 9.90 Å². The monoisotopic (exact) mass is 232 g/mol. The highest BCUT2D eigenvalue weighted by Gasteiger charge is 2.31. The van der Waals surface area contributed by atoms with E-state index in [1.54, 1.807) is 13.2 Å². The van der Waals surface area contributed by atoms with Gasteiger partial charge in [-0.2, -0.15) is 0 Å². The molecule has 0 aliphatic heterocycles. The summed E-state index contributed by atoms with van der Waals surface area (Å²) in [7, 11) is 1.59. The van der Waals surface area contributed by atoms with Gasteiger partial charge in [0.25, 0.3) is 0 Å². The number of rotatable bonds is 2. The van der Waals surface area contributed by atoms with Crippen LogP contribution in [0.5, 0.6) is 5.75 Å². The Kier molecular flexibility index (Phi) is 2.92. The number of aliphatic hydroxyl groups excluding tert-OH is 1.